The zero-order valence-corrected chi connectivity index (χ0v) is 28.4. The highest BCUT2D eigenvalue weighted by Crippen LogP contribution is 2.54. The van der Waals surface area contributed by atoms with Crippen molar-refractivity contribution in [1.82, 2.24) is 24.1 Å². The molecule has 1 aliphatic rings. The second kappa shape index (κ2) is 11.0. The molecule has 0 saturated heterocycles. The third-order valence-electron chi connectivity index (χ3n) is 9.98. The number of hydrogen-bond acceptors (Lipinski definition) is 4. The van der Waals surface area contributed by atoms with Crippen LogP contribution in [0.5, 0.6) is 0 Å². The smallest absolute Gasteiger partial charge is 0.238 e. The lowest BCUT2D eigenvalue weighted by molar-refractivity contribution is 0.575. The first-order valence-corrected chi connectivity index (χ1v) is 17.7. The number of aromatic nitrogens is 5. The van der Waals surface area contributed by atoms with Crippen molar-refractivity contribution in [3.63, 3.8) is 0 Å². The first-order valence-electron chi connectivity index (χ1n) is 16.9. The van der Waals surface area contributed by atoms with E-state index in [2.05, 4.69) is 138 Å². The molecule has 0 bridgehead atoms. The maximum Gasteiger partial charge on any atom is 0.238 e. The fourth-order valence-electron chi connectivity index (χ4n) is 7.71. The molecule has 5 nitrogen and oxygen atoms in total. The van der Waals surface area contributed by atoms with Crippen LogP contribution in [-0.2, 0) is 5.41 Å². The Labute approximate surface area is 293 Å². The van der Waals surface area contributed by atoms with Gasteiger partial charge in [0.1, 0.15) is 0 Å². The lowest BCUT2D eigenvalue weighted by Crippen LogP contribution is -2.26. The van der Waals surface area contributed by atoms with E-state index < -0.39 is 0 Å². The van der Waals surface area contributed by atoms with Gasteiger partial charge >= 0.3 is 0 Å². The second-order valence-corrected chi connectivity index (χ2v) is 14.3. The minimum Gasteiger partial charge on any atom is -0.310 e. The van der Waals surface area contributed by atoms with Crippen LogP contribution in [0.25, 0.3) is 67.1 Å². The zero-order valence-electron chi connectivity index (χ0n) is 27.6. The maximum atomic E-state index is 5.25. The molecule has 0 N–H and O–H groups in total. The molecular formula is C44H31N5S. The minimum atomic E-state index is -0.261. The fourth-order valence-corrected chi connectivity index (χ4v) is 9.22. The summed E-state index contributed by atoms with van der Waals surface area (Å²) in [5.41, 5.74) is 8.65. The molecule has 50 heavy (non-hydrogen) atoms. The third kappa shape index (κ3) is 4.25. The predicted molar refractivity (Wildman–Crippen MR) is 205 cm³/mol. The summed E-state index contributed by atoms with van der Waals surface area (Å²) < 4.78 is 4.77. The summed E-state index contributed by atoms with van der Waals surface area (Å²) in [4.78, 5) is 18.1. The zero-order chi connectivity index (χ0) is 33.4. The maximum absolute atomic E-state index is 5.25. The van der Waals surface area contributed by atoms with Gasteiger partial charge in [-0.2, -0.15) is 9.97 Å². The van der Waals surface area contributed by atoms with E-state index in [9.17, 15) is 0 Å². The first-order chi connectivity index (χ1) is 24.6. The van der Waals surface area contributed by atoms with E-state index in [0.29, 0.717) is 17.6 Å². The van der Waals surface area contributed by atoms with Crippen molar-refractivity contribution in [2.24, 2.45) is 0 Å². The van der Waals surface area contributed by atoms with Crippen molar-refractivity contribution < 1.29 is 0 Å². The number of hydrogen-bond donors (Lipinski definition) is 0. The Morgan fingerprint density at radius 2 is 1.06 bits per heavy atom. The number of fused-ring (bicyclic) bond motifs is 8. The predicted octanol–water partition coefficient (Wildman–Crippen LogP) is 11.0. The molecule has 0 radical (unpaired) electrons. The van der Waals surface area contributed by atoms with Crippen molar-refractivity contribution in [1.29, 1.82) is 0 Å². The molecule has 1 aliphatic heterocycles. The molecule has 0 amide bonds. The highest BCUT2D eigenvalue weighted by atomic mass is 32.2. The standard InChI is InChI=1S/C44H31N5S/c1-44(2)34-23-13-15-25-36(34)50-39-33-27-26-32-31-22-12-14-24-35(31)49(37(32)38(33)48(40(39)44)30-20-10-5-11-21-30)43-46-41(28-16-6-3-7-17-28)45-42(47-43)29-18-8-4-9-19-29/h3-27H,1-2H3. The van der Waals surface area contributed by atoms with Gasteiger partial charge in [-0.3, -0.25) is 4.57 Å². The second-order valence-electron chi connectivity index (χ2n) is 13.3. The van der Waals surface area contributed by atoms with Gasteiger partial charge < -0.3 is 4.57 Å². The van der Waals surface area contributed by atoms with Crippen molar-refractivity contribution >= 4 is 44.5 Å². The quantitative estimate of drug-likeness (QED) is 0.188. The van der Waals surface area contributed by atoms with E-state index in [1.54, 1.807) is 0 Å². The highest BCUT2D eigenvalue weighted by Gasteiger charge is 2.39. The Kier molecular flexibility index (Phi) is 6.39. The topological polar surface area (TPSA) is 48.5 Å². The molecule has 6 aromatic carbocycles. The number of nitrogens with zero attached hydrogens (tertiary/aromatic N) is 5. The molecule has 0 aliphatic carbocycles. The van der Waals surface area contributed by atoms with Gasteiger partial charge in [-0.25, -0.2) is 4.98 Å². The molecular weight excluding hydrogens is 631 g/mol. The van der Waals surface area contributed by atoms with Crippen LogP contribution in [0.4, 0.5) is 0 Å². The summed E-state index contributed by atoms with van der Waals surface area (Å²) in [6.45, 7) is 4.72. The average Bonchev–Trinajstić information content (AvgIpc) is 3.69. The molecule has 3 aromatic heterocycles. The van der Waals surface area contributed by atoms with E-state index in [1.165, 1.54) is 26.4 Å². The Bertz CT molecular complexity index is 2690. The van der Waals surface area contributed by atoms with E-state index in [0.717, 1.165) is 44.1 Å². The van der Waals surface area contributed by atoms with Crippen LogP contribution in [0.2, 0.25) is 0 Å². The van der Waals surface area contributed by atoms with Crippen LogP contribution in [0.3, 0.4) is 0 Å². The Hall–Kier alpha value is -5.98. The monoisotopic (exact) mass is 661 g/mol. The van der Waals surface area contributed by atoms with Crippen molar-refractivity contribution in [2.45, 2.75) is 29.1 Å². The Balaban J connectivity index is 1.39. The van der Waals surface area contributed by atoms with Crippen molar-refractivity contribution in [3.05, 3.63) is 163 Å². The fraction of sp³-hybridized carbons (Fsp3) is 0.0682. The molecule has 10 rings (SSSR count). The molecule has 0 spiro atoms. The van der Waals surface area contributed by atoms with Crippen LogP contribution in [0.15, 0.2) is 161 Å². The highest BCUT2D eigenvalue weighted by molar-refractivity contribution is 7.99. The van der Waals surface area contributed by atoms with Gasteiger partial charge in [-0.05, 0) is 29.8 Å². The van der Waals surface area contributed by atoms with Gasteiger partial charge in [0.25, 0.3) is 0 Å². The van der Waals surface area contributed by atoms with E-state index >= 15 is 0 Å². The Morgan fingerprint density at radius 3 is 1.76 bits per heavy atom. The summed E-state index contributed by atoms with van der Waals surface area (Å²) in [5.74, 6) is 1.86. The van der Waals surface area contributed by atoms with Crippen molar-refractivity contribution in [3.8, 4) is 34.4 Å². The third-order valence-corrected chi connectivity index (χ3v) is 11.2. The molecule has 9 aromatic rings. The van der Waals surface area contributed by atoms with Crippen LogP contribution < -0.4 is 0 Å². The van der Waals surface area contributed by atoms with Gasteiger partial charge in [0.05, 0.1) is 16.6 Å². The van der Waals surface area contributed by atoms with E-state index in [4.69, 9.17) is 15.0 Å². The average molecular weight is 662 g/mol. The van der Waals surface area contributed by atoms with E-state index in [1.807, 2.05) is 48.2 Å². The molecule has 4 heterocycles. The largest absolute Gasteiger partial charge is 0.310 e. The van der Waals surface area contributed by atoms with Crippen LogP contribution in [-0.4, -0.2) is 24.1 Å². The summed E-state index contributed by atoms with van der Waals surface area (Å²) in [7, 11) is 0. The SMILES string of the molecule is CC1(C)c2ccccc2Sc2c1n(-c1ccccc1)c1c2ccc2c3ccccc3n(-c3nc(-c4ccccc4)nc(-c4ccccc4)n3)c21. The molecule has 0 fully saturated rings. The molecule has 0 atom stereocenters. The molecule has 0 unspecified atom stereocenters. The van der Waals surface area contributed by atoms with Crippen LogP contribution in [0, 0.1) is 0 Å². The minimum absolute atomic E-state index is 0.261. The van der Waals surface area contributed by atoms with Gasteiger partial charge in [0.2, 0.25) is 5.95 Å². The number of para-hydroxylation sites is 2. The summed E-state index contributed by atoms with van der Waals surface area (Å²) in [6.07, 6.45) is 0. The van der Waals surface area contributed by atoms with Crippen molar-refractivity contribution in [2.75, 3.05) is 0 Å². The van der Waals surface area contributed by atoms with Crippen LogP contribution >= 0.6 is 11.8 Å². The van der Waals surface area contributed by atoms with Gasteiger partial charge in [0, 0.05) is 53.9 Å². The van der Waals surface area contributed by atoms with E-state index in [-0.39, 0.29) is 5.41 Å². The van der Waals surface area contributed by atoms with Gasteiger partial charge in [-0.1, -0.05) is 153 Å². The Morgan fingerprint density at radius 1 is 0.500 bits per heavy atom. The summed E-state index contributed by atoms with van der Waals surface area (Å²) in [6, 6.07) is 53.2. The lowest BCUT2D eigenvalue weighted by Gasteiger charge is -2.34. The lowest BCUT2D eigenvalue weighted by atomic mass is 9.80. The molecule has 0 saturated carbocycles. The van der Waals surface area contributed by atoms with Gasteiger partial charge in [-0.15, -0.1) is 0 Å². The normalized spacial score (nSPS) is 13.5. The van der Waals surface area contributed by atoms with Crippen LogP contribution in [0.1, 0.15) is 25.1 Å². The van der Waals surface area contributed by atoms with Gasteiger partial charge in [0.15, 0.2) is 11.6 Å². The summed E-state index contributed by atoms with van der Waals surface area (Å²) in [5, 5.41) is 3.53. The first kappa shape index (κ1) is 29.0. The molecule has 6 heteroatoms. The number of benzene rings is 6. The number of rotatable bonds is 4. The summed E-state index contributed by atoms with van der Waals surface area (Å²) >= 11 is 1.88. The molecule has 238 valence electrons.